The number of aryl methyl sites for hydroxylation is 1. The van der Waals surface area contributed by atoms with Crippen molar-refractivity contribution in [2.75, 3.05) is 27.0 Å². The van der Waals surface area contributed by atoms with E-state index < -0.39 is 9.84 Å². The van der Waals surface area contributed by atoms with Crippen LogP contribution in [0.2, 0.25) is 0 Å². The molecule has 0 bridgehead atoms. The van der Waals surface area contributed by atoms with E-state index in [1.54, 1.807) is 38.5 Å². The topological polar surface area (TPSA) is 83.1 Å². The summed E-state index contributed by atoms with van der Waals surface area (Å²) >= 11 is 0. The molecule has 0 aliphatic carbocycles. The predicted molar refractivity (Wildman–Crippen MR) is 169 cm³/mol. The van der Waals surface area contributed by atoms with Crippen molar-refractivity contribution in [2.45, 2.75) is 37.5 Å². The average molecular weight is 600 g/mol. The van der Waals surface area contributed by atoms with Crippen LogP contribution < -0.4 is 24.3 Å². The number of nitrogens with one attached hydrogen (secondary N) is 1. The SMILES string of the molecule is COc1cc2c(cc1OCc1ccccc1)CCNC2/C=C/c1cc(OCc2ccccc2S(C)(=O)=O)c(OC)cc1C. The quantitative estimate of drug-likeness (QED) is 0.212. The summed E-state index contributed by atoms with van der Waals surface area (Å²) in [5.41, 5.74) is 6.05. The first-order chi connectivity index (χ1) is 20.8. The molecule has 1 heterocycles. The van der Waals surface area contributed by atoms with Crippen LogP contribution in [0.3, 0.4) is 0 Å². The van der Waals surface area contributed by atoms with Gasteiger partial charge < -0.3 is 24.3 Å². The Morgan fingerprint density at radius 3 is 2.26 bits per heavy atom. The molecule has 0 fully saturated rings. The molecule has 8 heteroatoms. The van der Waals surface area contributed by atoms with Crippen molar-refractivity contribution in [3.05, 3.63) is 118 Å². The third-order valence-electron chi connectivity index (χ3n) is 7.53. The summed E-state index contributed by atoms with van der Waals surface area (Å²) in [5, 5.41) is 3.60. The molecular weight excluding hydrogens is 562 g/mol. The van der Waals surface area contributed by atoms with Crippen LogP contribution >= 0.6 is 0 Å². The number of sulfone groups is 1. The van der Waals surface area contributed by atoms with E-state index in [4.69, 9.17) is 18.9 Å². The van der Waals surface area contributed by atoms with Crippen LogP contribution in [-0.2, 0) is 29.5 Å². The first-order valence-electron chi connectivity index (χ1n) is 14.2. The lowest BCUT2D eigenvalue weighted by Gasteiger charge is -2.26. The highest BCUT2D eigenvalue weighted by atomic mass is 32.2. The van der Waals surface area contributed by atoms with Gasteiger partial charge in [0.05, 0.1) is 25.2 Å². The minimum absolute atomic E-state index is 0.0201. The molecule has 0 aromatic heterocycles. The first-order valence-corrected chi connectivity index (χ1v) is 16.0. The third kappa shape index (κ3) is 7.21. The van der Waals surface area contributed by atoms with Crippen molar-refractivity contribution in [1.29, 1.82) is 0 Å². The van der Waals surface area contributed by atoms with Gasteiger partial charge in [0.2, 0.25) is 0 Å². The molecule has 0 saturated heterocycles. The molecule has 0 radical (unpaired) electrons. The summed E-state index contributed by atoms with van der Waals surface area (Å²) in [6, 6.07) is 24.9. The first kappa shape index (κ1) is 30.2. The summed E-state index contributed by atoms with van der Waals surface area (Å²) in [5.74, 6) is 2.55. The van der Waals surface area contributed by atoms with E-state index in [1.807, 2.05) is 49.4 Å². The Bertz CT molecular complexity index is 1720. The van der Waals surface area contributed by atoms with Crippen LogP contribution in [0.4, 0.5) is 0 Å². The fourth-order valence-electron chi connectivity index (χ4n) is 5.24. The Morgan fingerprint density at radius 1 is 0.837 bits per heavy atom. The second-order valence-electron chi connectivity index (χ2n) is 10.5. The predicted octanol–water partition coefficient (Wildman–Crippen LogP) is 6.47. The zero-order valence-electron chi connectivity index (χ0n) is 24.9. The van der Waals surface area contributed by atoms with E-state index in [-0.39, 0.29) is 17.5 Å². The molecule has 224 valence electrons. The highest BCUT2D eigenvalue weighted by Crippen LogP contribution is 2.37. The van der Waals surface area contributed by atoms with Gasteiger partial charge in [-0.25, -0.2) is 8.42 Å². The Morgan fingerprint density at radius 2 is 1.51 bits per heavy atom. The van der Waals surface area contributed by atoms with Crippen LogP contribution in [0.25, 0.3) is 6.08 Å². The normalized spacial score (nSPS) is 14.7. The monoisotopic (exact) mass is 599 g/mol. The number of hydrogen-bond acceptors (Lipinski definition) is 7. The highest BCUT2D eigenvalue weighted by Gasteiger charge is 2.22. The van der Waals surface area contributed by atoms with Crippen molar-refractivity contribution in [2.24, 2.45) is 0 Å². The Labute approximate surface area is 254 Å². The number of fused-ring (bicyclic) bond motifs is 1. The number of rotatable bonds is 11. The van der Waals surface area contributed by atoms with Gasteiger partial charge in [-0.2, -0.15) is 0 Å². The zero-order valence-corrected chi connectivity index (χ0v) is 25.7. The van der Waals surface area contributed by atoms with Crippen LogP contribution in [0.5, 0.6) is 23.0 Å². The van der Waals surface area contributed by atoms with Crippen molar-refractivity contribution in [3.8, 4) is 23.0 Å². The van der Waals surface area contributed by atoms with E-state index >= 15 is 0 Å². The molecule has 1 aliphatic rings. The van der Waals surface area contributed by atoms with Crippen LogP contribution in [0, 0.1) is 6.92 Å². The van der Waals surface area contributed by atoms with Gasteiger partial charge in [-0.1, -0.05) is 60.7 Å². The third-order valence-corrected chi connectivity index (χ3v) is 8.73. The van der Waals surface area contributed by atoms with Gasteiger partial charge >= 0.3 is 0 Å². The van der Waals surface area contributed by atoms with E-state index in [9.17, 15) is 8.42 Å². The van der Waals surface area contributed by atoms with Gasteiger partial charge in [-0.05, 0) is 71.5 Å². The van der Waals surface area contributed by atoms with Crippen molar-refractivity contribution < 1.29 is 27.4 Å². The molecule has 5 rings (SSSR count). The fourth-order valence-corrected chi connectivity index (χ4v) is 6.17. The lowest BCUT2D eigenvalue weighted by molar-refractivity contribution is 0.282. The van der Waals surface area contributed by atoms with Crippen molar-refractivity contribution >= 4 is 15.9 Å². The minimum atomic E-state index is -3.38. The molecule has 43 heavy (non-hydrogen) atoms. The summed E-state index contributed by atoms with van der Waals surface area (Å²) in [6.07, 6.45) is 6.30. The molecule has 4 aromatic carbocycles. The number of hydrogen-bond donors (Lipinski definition) is 1. The second kappa shape index (κ2) is 13.4. The highest BCUT2D eigenvalue weighted by molar-refractivity contribution is 7.90. The Kier molecular flexibility index (Phi) is 9.38. The number of benzene rings is 4. The minimum Gasteiger partial charge on any atom is -0.493 e. The standard InChI is InChI=1S/C35H37NO6S/c1-24-18-31(39-2)33(42-23-28-12-8-9-13-35(28)43(4,37)38)19-26(24)14-15-30-29-21-32(40-3)34(20-27(29)16-17-36-30)41-22-25-10-6-5-7-11-25/h5-15,18-21,30,36H,16-17,22-23H2,1-4H3/b15-14+. The zero-order chi connectivity index (χ0) is 30.4. The fraction of sp³-hybridized carbons (Fsp3) is 0.257. The molecule has 1 aliphatic heterocycles. The van der Waals surface area contributed by atoms with Gasteiger partial charge in [0, 0.05) is 18.4 Å². The van der Waals surface area contributed by atoms with Gasteiger partial charge in [0.1, 0.15) is 13.2 Å². The lowest BCUT2D eigenvalue weighted by atomic mass is 9.92. The van der Waals surface area contributed by atoms with Crippen LogP contribution in [0.15, 0.2) is 89.8 Å². The van der Waals surface area contributed by atoms with Crippen LogP contribution in [0.1, 0.15) is 39.4 Å². The molecule has 1 unspecified atom stereocenters. The molecule has 1 N–H and O–H groups in total. The second-order valence-corrected chi connectivity index (χ2v) is 12.5. The summed E-state index contributed by atoms with van der Waals surface area (Å²) in [4.78, 5) is 0.257. The maximum atomic E-state index is 12.3. The van der Waals surface area contributed by atoms with E-state index in [1.165, 1.54) is 11.8 Å². The smallest absolute Gasteiger partial charge is 0.175 e. The largest absolute Gasteiger partial charge is 0.493 e. The van der Waals surface area contributed by atoms with E-state index in [0.717, 1.165) is 41.0 Å². The van der Waals surface area contributed by atoms with Gasteiger partial charge in [-0.15, -0.1) is 0 Å². The Balaban J connectivity index is 1.37. The van der Waals surface area contributed by atoms with Crippen molar-refractivity contribution in [1.82, 2.24) is 5.32 Å². The average Bonchev–Trinajstić information content (AvgIpc) is 3.02. The molecular formula is C35H37NO6S. The summed E-state index contributed by atoms with van der Waals surface area (Å²) < 4.78 is 48.1. The summed E-state index contributed by atoms with van der Waals surface area (Å²) in [6.45, 7) is 3.42. The van der Waals surface area contributed by atoms with Crippen LogP contribution in [-0.4, -0.2) is 35.4 Å². The maximum absolute atomic E-state index is 12.3. The molecule has 0 saturated carbocycles. The molecule has 4 aromatic rings. The molecule has 7 nitrogen and oxygen atoms in total. The molecule has 0 amide bonds. The van der Waals surface area contributed by atoms with Gasteiger partial charge in [0.15, 0.2) is 32.8 Å². The summed E-state index contributed by atoms with van der Waals surface area (Å²) in [7, 11) is -0.130. The van der Waals surface area contributed by atoms with E-state index in [2.05, 4.69) is 29.6 Å². The maximum Gasteiger partial charge on any atom is 0.175 e. The van der Waals surface area contributed by atoms with E-state index in [0.29, 0.717) is 29.4 Å². The lowest BCUT2D eigenvalue weighted by Crippen LogP contribution is -2.28. The van der Waals surface area contributed by atoms with Crippen molar-refractivity contribution in [3.63, 3.8) is 0 Å². The Hall–Kier alpha value is -4.27. The van der Waals surface area contributed by atoms with Gasteiger partial charge in [-0.3, -0.25) is 0 Å². The number of ether oxygens (including phenoxy) is 4. The molecule has 1 atom stereocenters. The number of methoxy groups -OCH3 is 2. The van der Waals surface area contributed by atoms with Gasteiger partial charge in [0.25, 0.3) is 0 Å². The molecule has 0 spiro atoms.